The lowest BCUT2D eigenvalue weighted by Crippen LogP contribution is -2.60. The summed E-state index contributed by atoms with van der Waals surface area (Å²) in [5.41, 5.74) is 0. The highest BCUT2D eigenvalue weighted by molar-refractivity contribution is 4.97. The Kier molecular flexibility index (Phi) is 6.44. The van der Waals surface area contributed by atoms with E-state index < -0.39 is 0 Å². The van der Waals surface area contributed by atoms with Gasteiger partial charge in [0.1, 0.15) is 0 Å². The highest BCUT2D eigenvalue weighted by atomic mass is 16.7. The first kappa shape index (κ1) is 17.2. The molecule has 3 atom stereocenters. The number of nitrogens with zero attached hydrogens (tertiary/aromatic N) is 1. The van der Waals surface area contributed by atoms with Crippen LogP contribution in [-0.4, -0.2) is 68.8 Å². The standard InChI is InChI=1S/C16H32N2O3/c1-5-17-14-7-8-16(20-9-10-21-16)11-15(14)18(6-2)13(3)12-19-4/h13-15,17H,5-12H2,1-4H3. The van der Waals surface area contributed by atoms with Crippen LogP contribution in [0.1, 0.15) is 40.0 Å². The second kappa shape index (κ2) is 7.88. The third-order valence-corrected chi connectivity index (χ3v) is 4.87. The first-order valence-corrected chi connectivity index (χ1v) is 8.41. The minimum atomic E-state index is -0.337. The normalized spacial score (nSPS) is 30.1. The van der Waals surface area contributed by atoms with E-state index in [1.807, 2.05) is 0 Å². The van der Waals surface area contributed by atoms with Crippen LogP contribution in [0.3, 0.4) is 0 Å². The molecular formula is C16H32N2O3. The average Bonchev–Trinajstić information content (AvgIpc) is 2.91. The molecule has 2 fully saturated rings. The molecule has 2 rings (SSSR count). The van der Waals surface area contributed by atoms with E-state index in [4.69, 9.17) is 14.2 Å². The quantitative estimate of drug-likeness (QED) is 0.774. The van der Waals surface area contributed by atoms with Gasteiger partial charge in [-0.05, 0) is 26.4 Å². The van der Waals surface area contributed by atoms with Crippen LogP contribution in [0.15, 0.2) is 0 Å². The van der Waals surface area contributed by atoms with Gasteiger partial charge in [0.15, 0.2) is 5.79 Å². The van der Waals surface area contributed by atoms with Crippen LogP contribution >= 0.6 is 0 Å². The number of methoxy groups -OCH3 is 1. The fourth-order valence-corrected chi connectivity index (χ4v) is 3.95. The first-order chi connectivity index (χ1) is 10.2. The zero-order valence-electron chi connectivity index (χ0n) is 14.1. The molecular weight excluding hydrogens is 268 g/mol. The van der Waals surface area contributed by atoms with Crippen LogP contribution < -0.4 is 5.32 Å². The molecule has 0 aromatic heterocycles. The molecule has 0 aromatic carbocycles. The first-order valence-electron chi connectivity index (χ1n) is 8.41. The predicted molar refractivity (Wildman–Crippen MR) is 83.5 cm³/mol. The van der Waals surface area contributed by atoms with Crippen molar-refractivity contribution in [3.8, 4) is 0 Å². The van der Waals surface area contributed by atoms with E-state index in [0.717, 1.165) is 52.2 Å². The highest BCUT2D eigenvalue weighted by Gasteiger charge is 2.47. The lowest BCUT2D eigenvalue weighted by atomic mass is 9.84. The van der Waals surface area contributed by atoms with Crippen molar-refractivity contribution in [3.05, 3.63) is 0 Å². The molecule has 1 aliphatic carbocycles. The summed E-state index contributed by atoms with van der Waals surface area (Å²) in [6.07, 6.45) is 3.05. The summed E-state index contributed by atoms with van der Waals surface area (Å²) in [6, 6.07) is 1.35. The molecule has 1 aliphatic heterocycles. The van der Waals surface area contributed by atoms with Crippen molar-refractivity contribution in [2.24, 2.45) is 0 Å². The van der Waals surface area contributed by atoms with Crippen molar-refractivity contribution in [1.29, 1.82) is 0 Å². The number of nitrogens with one attached hydrogen (secondary N) is 1. The van der Waals surface area contributed by atoms with Crippen molar-refractivity contribution in [2.75, 3.05) is 40.0 Å². The Morgan fingerprint density at radius 3 is 2.62 bits per heavy atom. The van der Waals surface area contributed by atoms with Crippen LogP contribution in [0.5, 0.6) is 0 Å². The minimum Gasteiger partial charge on any atom is -0.383 e. The van der Waals surface area contributed by atoms with E-state index in [0.29, 0.717) is 18.1 Å². The molecule has 124 valence electrons. The molecule has 5 nitrogen and oxygen atoms in total. The third-order valence-electron chi connectivity index (χ3n) is 4.87. The molecule has 2 aliphatic rings. The number of likely N-dealkylation sites (N-methyl/N-ethyl adjacent to an activating group) is 2. The molecule has 0 aromatic rings. The van der Waals surface area contributed by atoms with Crippen LogP contribution in [0.25, 0.3) is 0 Å². The SMILES string of the molecule is CCNC1CCC2(CC1N(CC)C(C)COC)OCCO2. The molecule has 5 heteroatoms. The highest BCUT2D eigenvalue weighted by Crippen LogP contribution is 2.38. The largest absolute Gasteiger partial charge is 0.383 e. The number of rotatable bonds is 7. The van der Waals surface area contributed by atoms with E-state index in [9.17, 15) is 0 Å². The Bertz CT molecular complexity index is 308. The summed E-state index contributed by atoms with van der Waals surface area (Å²) in [5.74, 6) is -0.337. The number of hydrogen-bond acceptors (Lipinski definition) is 5. The van der Waals surface area contributed by atoms with Crippen molar-refractivity contribution < 1.29 is 14.2 Å². The van der Waals surface area contributed by atoms with Gasteiger partial charge in [-0.3, -0.25) is 4.90 Å². The molecule has 21 heavy (non-hydrogen) atoms. The van der Waals surface area contributed by atoms with Crippen LogP contribution in [-0.2, 0) is 14.2 Å². The summed E-state index contributed by atoms with van der Waals surface area (Å²) < 4.78 is 17.3. The van der Waals surface area contributed by atoms with E-state index in [1.165, 1.54) is 0 Å². The van der Waals surface area contributed by atoms with Gasteiger partial charge in [0, 0.05) is 38.1 Å². The van der Waals surface area contributed by atoms with E-state index in [-0.39, 0.29) is 5.79 Å². The van der Waals surface area contributed by atoms with Gasteiger partial charge in [0.25, 0.3) is 0 Å². The summed E-state index contributed by atoms with van der Waals surface area (Å²) >= 11 is 0. The Hall–Kier alpha value is -0.200. The van der Waals surface area contributed by atoms with Gasteiger partial charge < -0.3 is 19.5 Å². The third kappa shape index (κ3) is 3.96. The molecule has 0 radical (unpaired) electrons. The van der Waals surface area contributed by atoms with E-state index in [2.05, 4.69) is 31.0 Å². The monoisotopic (exact) mass is 300 g/mol. The predicted octanol–water partition coefficient (Wildman–Crippen LogP) is 1.62. The van der Waals surface area contributed by atoms with Gasteiger partial charge in [0.2, 0.25) is 0 Å². The van der Waals surface area contributed by atoms with Gasteiger partial charge in [-0.1, -0.05) is 13.8 Å². The van der Waals surface area contributed by atoms with Gasteiger partial charge in [-0.25, -0.2) is 0 Å². The van der Waals surface area contributed by atoms with Crippen molar-refractivity contribution in [3.63, 3.8) is 0 Å². The topological polar surface area (TPSA) is 43.0 Å². The molecule has 1 N–H and O–H groups in total. The zero-order chi connectivity index (χ0) is 15.3. The van der Waals surface area contributed by atoms with E-state index >= 15 is 0 Å². The van der Waals surface area contributed by atoms with Crippen molar-refractivity contribution in [1.82, 2.24) is 10.2 Å². The molecule has 1 spiro atoms. The Morgan fingerprint density at radius 2 is 2.05 bits per heavy atom. The Balaban J connectivity index is 2.11. The van der Waals surface area contributed by atoms with Gasteiger partial charge in [-0.2, -0.15) is 0 Å². The Morgan fingerprint density at radius 1 is 1.33 bits per heavy atom. The summed E-state index contributed by atoms with van der Waals surface area (Å²) in [4.78, 5) is 2.54. The smallest absolute Gasteiger partial charge is 0.170 e. The minimum absolute atomic E-state index is 0.337. The number of ether oxygens (including phenoxy) is 3. The second-order valence-electron chi connectivity index (χ2n) is 6.22. The fourth-order valence-electron chi connectivity index (χ4n) is 3.95. The molecule has 1 saturated carbocycles. The number of hydrogen-bond donors (Lipinski definition) is 1. The fraction of sp³-hybridized carbons (Fsp3) is 1.00. The van der Waals surface area contributed by atoms with E-state index in [1.54, 1.807) is 7.11 Å². The molecule has 0 bridgehead atoms. The summed E-state index contributed by atoms with van der Waals surface area (Å²) in [7, 11) is 1.78. The maximum Gasteiger partial charge on any atom is 0.170 e. The van der Waals surface area contributed by atoms with Gasteiger partial charge in [-0.15, -0.1) is 0 Å². The lowest BCUT2D eigenvalue weighted by Gasteiger charge is -2.47. The van der Waals surface area contributed by atoms with Crippen LogP contribution in [0.2, 0.25) is 0 Å². The van der Waals surface area contributed by atoms with Crippen molar-refractivity contribution >= 4 is 0 Å². The van der Waals surface area contributed by atoms with Crippen molar-refractivity contribution in [2.45, 2.75) is 63.9 Å². The lowest BCUT2D eigenvalue weighted by molar-refractivity contribution is -0.195. The molecule has 1 heterocycles. The summed E-state index contributed by atoms with van der Waals surface area (Å²) in [6.45, 7) is 10.9. The average molecular weight is 300 g/mol. The second-order valence-corrected chi connectivity index (χ2v) is 6.22. The van der Waals surface area contributed by atoms with Crippen LogP contribution in [0, 0.1) is 0 Å². The maximum absolute atomic E-state index is 5.96. The van der Waals surface area contributed by atoms with Gasteiger partial charge in [0.05, 0.1) is 19.8 Å². The molecule has 0 amide bonds. The zero-order valence-corrected chi connectivity index (χ0v) is 14.1. The summed E-state index contributed by atoms with van der Waals surface area (Å²) in [5, 5.41) is 3.66. The Labute approximate surface area is 129 Å². The molecule has 3 unspecified atom stereocenters. The maximum atomic E-state index is 5.96. The molecule has 1 saturated heterocycles. The van der Waals surface area contributed by atoms with Crippen LogP contribution in [0.4, 0.5) is 0 Å². The van der Waals surface area contributed by atoms with Gasteiger partial charge >= 0.3 is 0 Å².